The molecule has 0 atom stereocenters. The zero-order chi connectivity index (χ0) is 14.1. The van der Waals surface area contributed by atoms with E-state index in [0.29, 0.717) is 17.2 Å². The number of nitrogens with zero attached hydrogens (tertiary/aromatic N) is 1. The van der Waals surface area contributed by atoms with Gasteiger partial charge in [-0.15, -0.1) is 0 Å². The fourth-order valence-electron chi connectivity index (χ4n) is 1.97. The van der Waals surface area contributed by atoms with Crippen molar-refractivity contribution in [1.82, 2.24) is 4.98 Å². The molecule has 0 aliphatic heterocycles. The second-order valence-electron chi connectivity index (χ2n) is 4.18. The second kappa shape index (κ2) is 5.02. The van der Waals surface area contributed by atoms with Crippen molar-refractivity contribution in [2.24, 2.45) is 0 Å². The quantitative estimate of drug-likeness (QED) is 0.750. The molecule has 102 valence electrons. The smallest absolute Gasteiger partial charge is 0.217 e. The highest BCUT2D eigenvalue weighted by molar-refractivity contribution is 6.31. The van der Waals surface area contributed by atoms with Crippen LogP contribution in [0.15, 0.2) is 41.1 Å². The number of anilines is 3. The number of hydrogen-bond acceptors (Lipinski definition) is 4. The molecule has 3 rings (SSSR count). The summed E-state index contributed by atoms with van der Waals surface area (Å²) < 4.78 is 18.8. The third-order valence-electron chi connectivity index (χ3n) is 2.91. The van der Waals surface area contributed by atoms with Gasteiger partial charge in [0.05, 0.1) is 11.2 Å². The Bertz CT molecular complexity index is 772. The van der Waals surface area contributed by atoms with E-state index in [9.17, 15) is 4.39 Å². The standard InChI is InChI=1S/C14H11ClFN3O/c1-17-14-13(9-4-5-18-7-12(9)20-14)19-8-2-3-11(16)10(15)6-8/h2-7,17,19H,1H3. The highest BCUT2D eigenvalue weighted by atomic mass is 35.5. The van der Waals surface area contributed by atoms with Crippen LogP contribution in [-0.2, 0) is 0 Å². The SMILES string of the molecule is CNc1oc2cnccc2c1Nc1ccc(F)c(Cl)c1. The van der Waals surface area contributed by atoms with E-state index in [1.165, 1.54) is 12.1 Å². The average molecular weight is 292 g/mol. The average Bonchev–Trinajstić information content (AvgIpc) is 2.81. The van der Waals surface area contributed by atoms with Gasteiger partial charge in [0.1, 0.15) is 11.5 Å². The molecule has 0 unspecified atom stereocenters. The van der Waals surface area contributed by atoms with Gasteiger partial charge >= 0.3 is 0 Å². The van der Waals surface area contributed by atoms with Crippen LogP contribution in [0.5, 0.6) is 0 Å². The molecule has 2 aromatic heterocycles. The highest BCUT2D eigenvalue weighted by Gasteiger charge is 2.13. The van der Waals surface area contributed by atoms with Crippen molar-refractivity contribution in [3.8, 4) is 0 Å². The van der Waals surface area contributed by atoms with Crippen molar-refractivity contribution < 1.29 is 8.81 Å². The fourth-order valence-corrected chi connectivity index (χ4v) is 2.15. The summed E-state index contributed by atoms with van der Waals surface area (Å²) in [6.45, 7) is 0. The molecule has 4 nitrogen and oxygen atoms in total. The second-order valence-corrected chi connectivity index (χ2v) is 4.59. The van der Waals surface area contributed by atoms with Gasteiger partial charge in [0, 0.05) is 24.3 Å². The van der Waals surface area contributed by atoms with Gasteiger partial charge in [0.25, 0.3) is 0 Å². The number of pyridine rings is 1. The molecule has 6 heteroatoms. The van der Waals surface area contributed by atoms with Crippen LogP contribution in [0.2, 0.25) is 5.02 Å². The molecule has 0 saturated heterocycles. The number of rotatable bonds is 3. The van der Waals surface area contributed by atoms with Gasteiger partial charge in [-0.2, -0.15) is 0 Å². The zero-order valence-electron chi connectivity index (χ0n) is 10.6. The van der Waals surface area contributed by atoms with Gasteiger partial charge in [0.2, 0.25) is 5.88 Å². The van der Waals surface area contributed by atoms with Crippen molar-refractivity contribution in [2.45, 2.75) is 0 Å². The van der Waals surface area contributed by atoms with E-state index in [2.05, 4.69) is 15.6 Å². The Morgan fingerprint density at radius 2 is 2.15 bits per heavy atom. The lowest BCUT2D eigenvalue weighted by molar-refractivity contribution is 0.628. The fraction of sp³-hybridized carbons (Fsp3) is 0.0714. The third kappa shape index (κ3) is 2.16. The van der Waals surface area contributed by atoms with Crippen LogP contribution >= 0.6 is 11.6 Å². The van der Waals surface area contributed by atoms with Crippen molar-refractivity contribution in [3.05, 3.63) is 47.5 Å². The number of hydrogen-bond donors (Lipinski definition) is 2. The Balaban J connectivity index is 2.07. The van der Waals surface area contributed by atoms with E-state index in [1.807, 2.05) is 6.07 Å². The summed E-state index contributed by atoms with van der Waals surface area (Å²) in [6, 6.07) is 6.29. The van der Waals surface area contributed by atoms with Gasteiger partial charge in [-0.25, -0.2) is 4.39 Å². The molecule has 0 spiro atoms. The maximum atomic E-state index is 13.2. The Hall–Kier alpha value is -2.27. The predicted molar refractivity (Wildman–Crippen MR) is 78.2 cm³/mol. The molecule has 0 saturated carbocycles. The molecule has 2 N–H and O–H groups in total. The van der Waals surface area contributed by atoms with Crippen LogP contribution in [0, 0.1) is 5.82 Å². The van der Waals surface area contributed by atoms with Gasteiger partial charge in [-0.05, 0) is 24.3 Å². The van der Waals surface area contributed by atoms with E-state index in [4.69, 9.17) is 16.0 Å². The number of nitrogens with one attached hydrogen (secondary N) is 2. The maximum Gasteiger partial charge on any atom is 0.217 e. The predicted octanol–water partition coefficient (Wildman–Crippen LogP) is 4.41. The van der Waals surface area contributed by atoms with Crippen molar-refractivity contribution >= 4 is 39.8 Å². The summed E-state index contributed by atoms with van der Waals surface area (Å²) in [5.41, 5.74) is 2.09. The number of fused-ring (bicyclic) bond motifs is 1. The summed E-state index contributed by atoms with van der Waals surface area (Å²) in [5.74, 6) is 0.126. The van der Waals surface area contributed by atoms with Crippen LogP contribution in [0.1, 0.15) is 0 Å². The summed E-state index contributed by atoms with van der Waals surface area (Å²) in [4.78, 5) is 4.01. The first-order valence-corrected chi connectivity index (χ1v) is 6.33. The molecular formula is C14H11ClFN3O. The van der Waals surface area contributed by atoms with E-state index >= 15 is 0 Å². The van der Waals surface area contributed by atoms with E-state index < -0.39 is 5.82 Å². The molecule has 3 aromatic rings. The Morgan fingerprint density at radius 1 is 1.30 bits per heavy atom. The number of benzene rings is 1. The summed E-state index contributed by atoms with van der Waals surface area (Å²) in [7, 11) is 1.76. The lowest BCUT2D eigenvalue weighted by Gasteiger charge is -2.07. The number of halogens is 2. The van der Waals surface area contributed by atoms with Crippen LogP contribution in [0.25, 0.3) is 11.0 Å². The van der Waals surface area contributed by atoms with Crippen LogP contribution in [0.3, 0.4) is 0 Å². The Kier molecular flexibility index (Phi) is 3.20. The first-order valence-electron chi connectivity index (χ1n) is 5.95. The largest absolute Gasteiger partial charge is 0.437 e. The van der Waals surface area contributed by atoms with Crippen molar-refractivity contribution in [3.63, 3.8) is 0 Å². The van der Waals surface area contributed by atoms with Gasteiger partial charge in [0.15, 0.2) is 5.58 Å². The molecule has 0 amide bonds. The number of aromatic nitrogens is 1. The molecule has 0 radical (unpaired) electrons. The minimum absolute atomic E-state index is 0.0653. The highest BCUT2D eigenvalue weighted by Crippen LogP contribution is 2.36. The topological polar surface area (TPSA) is 50.1 Å². The van der Waals surface area contributed by atoms with Gasteiger partial charge in [-0.1, -0.05) is 11.6 Å². The molecule has 20 heavy (non-hydrogen) atoms. The lowest BCUT2D eigenvalue weighted by Crippen LogP contribution is -1.94. The van der Waals surface area contributed by atoms with Crippen LogP contribution in [0.4, 0.5) is 21.6 Å². The minimum Gasteiger partial charge on any atom is -0.437 e. The molecule has 2 heterocycles. The molecule has 0 aliphatic carbocycles. The molecular weight excluding hydrogens is 281 g/mol. The summed E-state index contributed by atoms with van der Waals surface area (Å²) in [6.07, 6.45) is 3.32. The maximum absolute atomic E-state index is 13.2. The summed E-state index contributed by atoms with van der Waals surface area (Å²) in [5, 5.41) is 7.09. The zero-order valence-corrected chi connectivity index (χ0v) is 11.3. The summed E-state index contributed by atoms with van der Waals surface area (Å²) >= 11 is 5.78. The first kappa shape index (κ1) is 12.7. The first-order chi connectivity index (χ1) is 9.69. The van der Waals surface area contributed by atoms with Gasteiger partial charge < -0.3 is 15.1 Å². The monoisotopic (exact) mass is 291 g/mol. The number of furan rings is 1. The Morgan fingerprint density at radius 3 is 2.90 bits per heavy atom. The minimum atomic E-state index is -0.452. The van der Waals surface area contributed by atoms with Crippen LogP contribution < -0.4 is 10.6 Å². The lowest BCUT2D eigenvalue weighted by atomic mass is 10.2. The molecule has 0 bridgehead atoms. The van der Waals surface area contributed by atoms with Crippen molar-refractivity contribution in [1.29, 1.82) is 0 Å². The molecule has 0 aliphatic rings. The Labute approximate surface area is 119 Å². The van der Waals surface area contributed by atoms with E-state index in [1.54, 1.807) is 25.5 Å². The van der Waals surface area contributed by atoms with E-state index in [-0.39, 0.29) is 5.02 Å². The van der Waals surface area contributed by atoms with Crippen LogP contribution in [-0.4, -0.2) is 12.0 Å². The third-order valence-corrected chi connectivity index (χ3v) is 3.20. The van der Waals surface area contributed by atoms with E-state index in [0.717, 1.165) is 11.1 Å². The molecule has 0 fully saturated rings. The van der Waals surface area contributed by atoms with Gasteiger partial charge in [-0.3, -0.25) is 4.98 Å². The van der Waals surface area contributed by atoms with Crippen molar-refractivity contribution in [2.75, 3.05) is 17.7 Å². The molecule has 1 aromatic carbocycles. The normalized spacial score (nSPS) is 10.8.